The van der Waals surface area contributed by atoms with Crippen LogP contribution >= 0.6 is 15.9 Å². The predicted molar refractivity (Wildman–Crippen MR) is 76.6 cm³/mol. The number of allylic oxidation sites excluding steroid dienone is 2. The topological polar surface area (TPSA) is 37.4 Å². The SMILES string of the molecule is CC12CC=CCC1C(=O)N(c1ccc(Br)cc1)C2=O. The Morgan fingerprint density at radius 2 is 1.89 bits per heavy atom. The molecule has 1 saturated heterocycles. The molecule has 2 unspecified atom stereocenters. The second kappa shape index (κ2) is 4.30. The number of amides is 2. The Morgan fingerprint density at radius 3 is 2.53 bits per heavy atom. The molecule has 2 aliphatic rings. The van der Waals surface area contributed by atoms with Crippen LogP contribution in [0.2, 0.25) is 0 Å². The van der Waals surface area contributed by atoms with Gasteiger partial charge < -0.3 is 0 Å². The van der Waals surface area contributed by atoms with Crippen molar-refractivity contribution in [2.24, 2.45) is 11.3 Å². The Labute approximate surface area is 120 Å². The van der Waals surface area contributed by atoms with Crippen molar-refractivity contribution in [1.82, 2.24) is 0 Å². The van der Waals surface area contributed by atoms with Crippen LogP contribution in [0, 0.1) is 11.3 Å². The lowest BCUT2D eigenvalue weighted by Gasteiger charge is -2.27. The minimum absolute atomic E-state index is 0.0702. The van der Waals surface area contributed by atoms with Crippen LogP contribution in [-0.4, -0.2) is 11.8 Å². The van der Waals surface area contributed by atoms with Gasteiger partial charge in [-0.1, -0.05) is 28.1 Å². The quantitative estimate of drug-likeness (QED) is 0.588. The highest BCUT2D eigenvalue weighted by molar-refractivity contribution is 9.10. The van der Waals surface area contributed by atoms with E-state index in [0.717, 1.165) is 4.47 Å². The van der Waals surface area contributed by atoms with Gasteiger partial charge in [0.2, 0.25) is 11.8 Å². The van der Waals surface area contributed by atoms with Gasteiger partial charge in [0.05, 0.1) is 17.0 Å². The van der Waals surface area contributed by atoms with Crippen LogP contribution in [0.15, 0.2) is 40.9 Å². The van der Waals surface area contributed by atoms with E-state index in [4.69, 9.17) is 0 Å². The maximum Gasteiger partial charge on any atom is 0.240 e. The molecule has 98 valence electrons. The lowest BCUT2D eigenvalue weighted by Crippen LogP contribution is -2.34. The largest absolute Gasteiger partial charge is 0.274 e. The van der Waals surface area contributed by atoms with Gasteiger partial charge in [0, 0.05) is 4.47 Å². The van der Waals surface area contributed by atoms with Gasteiger partial charge in [-0.05, 0) is 44.0 Å². The van der Waals surface area contributed by atoms with E-state index >= 15 is 0 Å². The van der Waals surface area contributed by atoms with Crippen LogP contribution in [-0.2, 0) is 9.59 Å². The first-order valence-electron chi connectivity index (χ1n) is 6.33. The van der Waals surface area contributed by atoms with Crippen molar-refractivity contribution in [1.29, 1.82) is 0 Å². The molecular formula is C15H14BrNO2. The molecular weight excluding hydrogens is 306 g/mol. The van der Waals surface area contributed by atoms with Crippen molar-refractivity contribution in [3.05, 3.63) is 40.9 Å². The second-order valence-corrected chi connectivity index (χ2v) is 6.25. The molecule has 2 atom stereocenters. The molecule has 1 aliphatic carbocycles. The summed E-state index contributed by atoms with van der Waals surface area (Å²) in [5, 5.41) is 0. The first-order chi connectivity index (χ1) is 9.04. The number of anilines is 1. The Balaban J connectivity index is 2.03. The second-order valence-electron chi connectivity index (χ2n) is 5.34. The number of hydrogen-bond acceptors (Lipinski definition) is 2. The third kappa shape index (κ3) is 1.77. The Bertz CT molecular complexity index is 578. The zero-order valence-electron chi connectivity index (χ0n) is 10.6. The van der Waals surface area contributed by atoms with Crippen molar-refractivity contribution in [3.63, 3.8) is 0 Å². The van der Waals surface area contributed by atoms with Crippen LogP contribution in [0.4, 0.5) is 5.69 Å². The normalized spacial score (nSPS) is 29.8. The van der Waals surface area contributed by atoms with Crippen molar-refractivity contribution < 1.29 is 9.59 Å². The van der Waals surface area contributed by atoms with E-state index < -0.39 is 5.41 Å². The van der Waals surface area contributed by atoms with E-state index in [1.807, 2.05) is 31.2 Å². The fraction of sp³-hybridized carbons (Fsp3) is 0.333. The van der Waals surface area contributed by atoms with Crippen molar-refractivity contribution in [2.75, 3.05) is 4.90 Å². The molecule has 0 spiro atoms. The highest BCUT2D eigenvalue weighted by Gasteiger charge is 2.56. The first kappa shape index (κ1) is 12.6. The molecule has 1 aromatic carbocycles. The van der Waals surface area contributed by atoms with E-state index in [0.29, 0.717) is 18.5 Å². The summed E-state index contributed by atoms with van der Waals surface area (Å²) in [6, 6.07) is 7.29. The number of rotatable bonds is 1. The molecule has 1 heterocycles. The third-order valence-corrected chi connectivity index (χ3v) is 4.67. The van der Waals surface area contributed by atoms with Gasteiger partial charge in [0.15, 0.2) is 0 Å². The zero-order valence-corrected chi connectivity index (χ0v) is 12.2. The lowest BCUT2D eigenvalue weighted by atomic mass is 9.72. The van der Waals surface area contributed by atoms with Crippen LogP contribution < -0.4 is 4.90 Å². The number of carbonyl (C=O) groups is 2. The van der Waals surface area contributed by atoms with Crippen LogP contribution in [0.1, 0.15) is 19.8 Å². The minimum Gasteiger partial charge on any atom is -0.274 e. The smallest absolute Gasteiger partial charge is 0.240 e. The Hall–Kier alpha value is -1.42. The highest BCUT2D eigenvalue weighted by Crippen LogP contribution is 2.47. The summed E-state index contributed by atoms with van der Waals surface area (Å²) in [4.78, 5) is 26.5. The van der Waals surface area contributed by atoms with Crippen LogP contribution in [0.25, 0.3) is 0 Å². The fourth-order valence-corrected chi connectivity index (χ4v) is 3.18. The number of benzene rings is 1. The zero-order chi connectivity index (χ0) is 13.6. The third-order valence-electron chi connectivity index (χ3n) is 4.14. The average Bonchev–Trinajstić information content (AvgIpc) is 2.60. The van der Waals surface area contributed by atoms with Crippen molar-refractivity contribution in [3.8, 4) is 0 Å². The monoisotopic (exact) mass is 319 g/mol. The van der Waals surface area contributed by atoms with Crippen molar-refractivity contribution in [2.45, 2.75) is 19.8 Å². The molecule has 2 amide bonds. The molecule has 0 saturated carbocycles. The summed E-state index contributed by atoms with van der Waals surface area (Å²) < 4.78 is 0.931. The summed E-state index contributed by atoms with van der Waals surface area (Å²) in [5.74, 6) is -0.359. The number of fused-ring (bicyclic) bond motifs is 1. The van der Waals surface area contributed by atoms with Gasteiger partial charge in [0.25, 0.3) is 0 Å². The average molecular weight is 320 g/mol. The van der Waals surface area contributed by atoms with E-state index in [9.17, 15) is 9.59 Å². The molecule has 19 heavy (non-hydrogen) atoms. The summed E-state index contributed by atoms with van der Waals surface area (Å²) in [6.07, 6.45) is 5.32. The number of nitrogens with zero attached hydrogens (tertiary/aromatic N) is 1. The lowest BCUT2D eigenvalue weighted by molar-refractivity contribution is -0.126. The van der Waals surface area contributed by atoms with Crippen LogP contribution in [0.5, 0.6) is 0 Å². The number of imide groups is 1. The summed E-state index contributed by atoms with van der Waals surface area (Å²) in [6.45, 7) is 1.90. The molecule has 3 nitrogen and oxygen atoms in total. The molecule has 0 radical (unpaired) electrons. The predicted octanol–water partition coefficient (Wildman–Crippen LogP) is 3.29. The van der Waals surface area contributed by atoms with Gasteiger partial charge >= 0.3 is 0 Å². The number of hydrogen-bond donors (Lipinski definition) is 0. The Kier molecular flexibility index (Phi) is 2.86. The molecule has 0 N–H and O–H groups in total. The minimum atomic E-state index is -0.571. The standard InChI is InChI=1S/C15H14BrNO2/c1-15-9-3-2-4-12(15)13(18)17(14(15)19)11-7-5-10(16)6-8-11/h2-3,5-8,12H,4,9H2,1H3. The maximum atomic E-state index is 12.6. The molecule has 0 bridgehead atoms. The Morgan fingerprint density at radius 1 is 1.21 bits per heavy atom. The van der Waals surface area contributed by atoms with E-state index in [1.54, 1.807) is 12.1 Å². The molecule has 1 aromatic rings. The number of halogens is 1. The summed E-state index contributed by atoms with van der Waals surface area (Å²) in [7, 11) is 0. The molecule has 1 aliphatic heterocycles. The highest BCUT2D eigenvalue weighted by atomic mass is 79.9. The summed E-state index contributed by atoms with van der Waals surface area (Å²) >= 11 is 3.36. The summed E-state index contributed by atoms with van der Waals surface area (Å²) in [5.41, 5.74) is 0.0904. The van der Waals surface area contributed by atoms with Gasteiger partial charge in [0.1, 0.15) is 0 Å². The fourth-order valence-electron chi connectivity index (χ4n) is 2.92. The van der Waals surface area contributed by atoms with Gasteiger partial charge in [-0.25, -0.2) is 4.90 Å². The van der Waals surface area contributed by atoms with E-state index in [1.165, 1.54) is 4.90 Å². The van der Waals surface area contributed by atoms with E-state index in [2.05, 4.69) is 15.9 Å². The maximum absolute atomic E-state index is 12.6. The van der Waals surface area contributed by atoms with Gasteiger partial charge in [-0.15, -0.1) is 0 Å². The molecule has 1 fully saturated rings. The molecule has 3 rings (SSSR count). The van der Waals surface area contributed by atoms with Crippen LogP contribution in [0.3, 0.4) is 0 Å². The van der Waals surface area contributed by atoms with Crippen molar-refractivity contribution >= 4 is 33.4 Å². The van der Waals surface area contributed by atoms with Gasteiger partial charge in [-0.3, -0.25) is 9.59 Å². The molecule has 0 aromatic heterocycles. The first-order valence-corrected chi connectivity index (χ1v) is 7.12. The van der Waals surface area contributed by atoms with E-state index in [-0.39, 0.29) is 17.7 Å². The van der Waals surface area contributed by atoms with Gasteiger partial charge in [-0.2, -0.15) is 0 Å². The molecule has 4 heteroatoms. The number of carbonyl (C=O) groups excluding carboxylic acids is 2.